The van der Waals surface area contributed by atoms with E-state index in [1.807, 2.05) is 27.8 Å². The van der Waals surface area contributed by atoms with Crippen molar-refractivity contribution in [2.75, 3.05) is 20.1 Å². The maximum atomic E-state index is 13.0. The largest absolute Gasteiger partial charge is 0.320 e. The molecule has 1 atom stereocenters. The van der Waals surface area contributed by atoms with Crippen LogP contribution in [0, 0.1) is 16.0 Å². The molecule has 8 heteroatoms. The Morgan fingerprint density at radius 2 is 1.79 bits per heavy atom. The Kier molecular flexibility index (Phi) is 7.78. The third-order valence-corrected chi connectivity index (χ3v) is 5.73. The summed E-state index contributed by atoms with van der Waals surface area (Å²) < 4.78 is 27.4. The van der Waals surface area contributed by atoms with E-state index in [-0.39, 0.29) is 22.5 Å². The Morgan fingerprint density at radius 3 is 2.25 bits per heavy atom. The van der Waals surface area contributed by atoms with Gasteiger partial charge in [-0.3, -0.25) is 10.1 Å². The summed E-state index contributed by atoms with van der Waals surface area (Å²) >= 11 is 0. The molecule has 0 radical (unpaired) electrons. The van der Waals surface area contributed by atoms with Crippen molar-refractivity contribution < 1.29 is 13.3 Å². The van der Waals surface area contributed by atoms with E-state index >= 15 is 0 Å². The van der Waals surface area contributed by atoms with E-state index in [2.05, 4.69) is 5.32 Å². The molecule has 0 aliphatic heterocycles. The monoisotopic (exact) mass is 357 g/mol. The minimum atomic E-state index is -3.68. The number of nitrogens with one attached hydrogen (secondary N) is 1. The molecule has 1 rings (SSSR count). The van der Waals surface area contributed by atoms with E-state index in [9.17, 15) is 18.5 Å². The Balaban J connectivity index is 3.07. The molecule has 1 unspecified atom stereocenters. The van der Waals surface area contributed by atoms with Gasteiger partial charge in [0.1, 0.15) is 0 Å². The van der Waals surface area contributed by atoms with Gasteiger partial charge in [0.2, 0.25) is 10.0 Å². The van der Waals surface area contributed by atoms with E-state index in [1.165, 1.54) is 28.6 Å². The fraction of sp³-hybridized carbons (Fsp3) is 0.625. The van der Waals surface area contributed by atoms with Gasteiger partial charge in [0.05, 0.1) is 9.82 Å². The molecule has 136 valence electrons. The summed E-state index contributed by atoms with van der Waals surface area (Å²) in [6, 6.07) is 4.93. The molecule has 0 aliphatic rings. The smallest absolute Gasteiger partial charge is 0.269 e. The van der Waals surface area contributed by atoms with Gasteiger partial charge in [-0.25, -0.2) is 8.42 Å². The predicted molar refractivity (Wildman–Crippen MR) is 94.4 cm³/mol. The summed E-state index contributed by atoms with van der Waals surface area (Å²) in [5.41, 5.74) is -0.119. The van der Waals surface area contributed by atoms with Crippen LogP contribution in [0.25, 0.3) is 0 Å². The van der Waals surface area contributed by atoms with Gasteiger partial charge in [0, 0.05) is 24.7 Å². The molecular weight excluding hydrogens is 330 g/mol. The topological polar surface area (TPSA) is 92.6 Å². The molecule has 0 heterocycles. The maximum Gasteiger partial charge on any atom is 0.269 e. The van der Waals surface area contributed by atoms with Crippen molar-refractivity contribution >= 4 is 15.7 Å². The number of hydrogen-bond donors (Lipinski definition) is 1. The number of hydrogen-bond acceptors (Lipinski definition) is 5. The van der Waals surface area contributed by atoms with Crippen molar-refractivity contribution in [1.29, 1.82) is 0 Å². The molecule has 0 saturated heterocycles. The Labute approximate surface area is 144 Å². The lowest BCUT2D eigenvalue weighted by molar-refractivity contribution is -0.384. The molecule has 1 aromatic carbocycles. The van der Waals surface area contributed by atoms with E-state index < -0.39 is 14.9 Å². The highest BCUT2D eigenvalue weighted by molar-refractivity contribution is 7.89. The first-order chi connectivity index (χ1) is 11.2. The number of benzene rings is 1. The van der Waals surface area contributed by atoms with Crippen molar-refractivity contribution in [2.45, 2.75) is 44.6 Å². The van der Waals surface area contributed by atoms with Gasteiger partial charge < -0.3 is 5.32 Å². The second kappa shape index (κ2) is 9.10. The second-order valence-electron chi connectivity index (χ2n) is 6.31. The number of sulfonamides is 1. The zero-order valence-electron chi connectivity index (χ0n) is 14.7. The van der Waals surface area contributed by atoms with Crippen LogP contribution >= 0.6 is 0 Å². The lowest BCUT2D eigenvalue weighted by atomic mass is 10.1. The van der Waals surface area contributed by atoms with Crippen LogP contribution in [-0.2, 0) is 10.0 Å². The average Bonchev–Trinajstić information content (AvgIpc) is 2.52. The number of nitrogens with zero attached hydrogens (tertiary/aromatic N) is 2. The fourth-order valence-electron chi connectivity index (χ4n) is 2.47. The van der Waals surface area contributed by atoms with Gasteiger partial charge in [-0.05, 0) is 51.4 Å². The van der Waals surface area contributed by atoms with Crippen LogP contribution in [0.15, 0.2) is 29.2 Å². The summed E-state index contributed by atoms with van der Waals surface area (Å²) in [7, 11) is -1.82. The first-order valence-corrected chi connectivity index (χ1v) is 9.55. The van der Waals surface area contributed by atoms with E-state index in [1.54, 1.807) is 0 Å². The highest BCUT2D eigenvalue weighted by atomic mass is 32.2. The Hall–Kier alpha value is -1.51. The van der Waals surface area contributed by atoms with Gasteiger partial charge >= 0.3 is 0 Å². The standard InChI is InChI=1S/C16H27N3O4S/c1-13(2)12-18(14(3)6-5-11-17-4)24(22,23)16-9-7-15(8-10-16)19(20)21/h7-10,13-14,17H,5-6,11-12H2,1-4H3. The zero-order valence-corrected chi connectivity index (χ0v) is 15.5. The minimum absolute atomic E-state index is 0.0919. The minimum Gasteiger partial charge on any atom is -0.320 e. The third-order valence-electron chi connectivity index (χ3n) is 3.74. The normalized spacial score (nSPS) is 13.4. The highest BCUT2D eigenvalue weighted by Crippen LogP contribution is 2.23. The van der Waals surface area contributed by atoms with Crippen molar-refractivity contribution in [3.63, 3.8) is 0 Å². The molecule has 1 N–H and O–H groups in total. The maximum absolute atomic E-state index is 13.0. The van der Waals surface area contributed by atoms with E-state index in [0.717, 1.165) is 19.4 Å². The number of non-ortho nitro benzene ring substituents is 1. The van der Waals surface area contributed by atoms with Crippen molar-refractivity contribution in [2.24, 2.45) is 5.92 Å². The first kappa shape index (κ1) is 20.5. The van der Waals surface area contributed by atoms with Gasteiger partial charge in [0.25, 0.3) is 5.69 Å². The molecule has 0 fully saturated rings. The zero-order chi connectivity index (χ0) is 18.3. The first-order valence-electron chi connectivity index (χ1n) is 8.11. The highest BCUT2D eigenvalue weighted by Gasteiger charge is 2.29. The van der Waals surface area contributed by atoms with E-state index in [4.69, 9.17) is 0 Å². The number of nitro benzene ring substituents is 1. The quantitative estimate of drug-likeness (QED) is 0.395. The van der Waals surface area contributed by atoms with Crippen LogP contribution in [-0.4, -0.2) is 43.8 Å². The van der Waals surface area contributed by atoms with Crippen molar-refractivity contribution in [3.8, 4) is 0 Å². The third kappa shape index (κ3) is 5.54. The van der Waals surface area contributed by atoms with Crippen LogP contribution in [0.2, 0.25) is 0 Å². The van der Waals surface area contributed by atoms with Crippen LogP contribution < -0.4 is 5.32 Å². The summed E-state index contributed by atoms with van der Waals surface area (Å²) in [5, 5.41) is 13.8. The lowest BCUT2D eigenvalue weighted by Crippen LogP contribution is -2.41. The molecule has 0 spiro atoms. The molecule has 0 aliphatic carbocycles. The number of nitro groups is 1. The molecule has 0 aromatic heterocycles. The second-order valence-corrected chi connectivity index (χ2v) is 8.20. The van der Waals surface area contributed by atoms with Crippen LogP contribution in [0.4, 0.5) is 5.69 Å². The molecule has 24 heavy (non-hydrogen) atoms. The van der Waals surface area contributed by atoms with Gasteiger partial charge in [-0.1, -0.05) is 13.8 Å². The molecule has 0 saturated carbocycles. The Morgan fingerprint density at radius 1 is 1.21 bits per heavy atom. The van der Waals surface area contributed by atoms with Crippen molar-refractivity contribution in [1.82, 2.24) is 9.62 Å². The predicted octanol–water partition coefficient (Wildman–Crippen LogP) is 2.63. The molecule has 0 amide bonds. The lowest BCUT2D eigenvalue weighted by Gasteiger charge is -2.30. The van der Waals surface area contributed by atoms with Crippen LogP contribution in [0.1, 0.15) is 33.6 Å². The average molecular weight is 357 g/mol. The van der Waals surface area contributed by atoms with Crippen LogP contribution in [0.3, 0.4) is 0 Å². The molecule has 1 aromatic rings. The van der Waals surface area contributed by atoms with Gasteiger partial charge in [0.15, 0.2) is 0 Å². The molecule has 7 nitrogen and oxygen atoms in total. The summed E-state index contributed by atoms with van der Waals surface area (Å²) in [5.74, 6) is 0.185. The molecular formula is C16H27N3O4S. The number of rotatable bonds is 10. The SMILES string of the molecule is CNCCCC(C)N(CC(C)C)S(=O)(=O)c1ccc([N+](=O)[O-])cc1. The summed E-state index contributed by atoms with van der Waals surface area (Å²) in [6.07, 6.45) is 1.63. The Bertz CT molecular complexity index is 629. The van der Waals surface area contributed by atoms with Crippen molar-refractivity contribution in [3.05, 3.63) is 34.4 Å². The molecule has 0 bridgehead atoms. The summed E-state index contributed by atoms with van der Waals surface area (Å²) in [4.78, 5) is 10.3. The van der Waals surface area contributed by atoms with Crippen LogP contribution in [0.5, 0.6) is 0 Å². The van der Waals surface area contributed by atoms with Gasteiger partial charge in [-0.2, -0.15) is 4.31 Å². The summed E-state index contributed by atoms with van der Waals surface area (Å²) in [6.45, 7) is 7.09. The van der Waals surface area contributed by atoms with E-state index in [0.29, 0.717) is 6.54 Å². The van der Waals surface area contributed by atoms with Gasteiger partial charge in [-0.15, -0.1) is 0 Å². The fourth-order valence-corrected chi connectivity index (χ4v) is 4.29.